The Morgan fingerprint density at radius 3 is 2.19 bits per heavy atom. The van der Waals surface area contributed by atoms with Crippen molar-refractivity contribution in [3.63, 3.8) is 0 Å². The third kappa shape index (κ3) is 3.99. The molecule has 0 aliphatic carbocycles. The molecule has 0 radical (unpaired) electrons. The van der Waals surface area contributed by atoms with Crippen LogP contribution >= 0.6 is 0 Å². The summed E-state index contributed by atoms with van der Waals surface area (Å²) in [5, 5.41) is 0. The van der Waals surface area contributed by atoms with Crippen molar-refractivity contribution >= 4 is 5.97 Å². The van der Waals surface area contributed by atoms with Crippen LogP contribution in [0, 0.1) is 17.6 Å². The maximum atomic E-state index is 14.3. The lowest BCUT2D eigenvalue weighted by Crippen LogP contribution is -2.47. The summed E-state index contributed by atoms with van der Waals surface area (Å²) < 4.78 is 90.1. The van der Waals surface area contributed by atoms with Gasteiger partial charge in [0, 0.05) is 11.5 Å². The highest BCUT2D eigenvalue weighted by Gasteiger charge is 2.65. The Balaban J connectivity index is 2.03. The Hall–Kier alpha value is -2.88. The number of hydrogen-bond acceptors (Lipinski definition) is 5. The van der Waals surface area contributed by atoms with E-state index in [9.17, 15) is 26.7 Å². The van der Waals surface area contributed by atoms with Gasteiger partial charge in [0.1, 0.15) is 5.75 Å². The van der Waals surface area contributed by atoms with Crippen molar-refractivity contribution in [2.24, 2.45) is 5.92 Å². The molecule has 1 fully saturated rings. The molecule has 10 heteroatoms. The molecular formula is C22H21F5O5. The van der Waals surface area contributed by atoms with Gasteiger partial charge in [-0.3, -0.25) is 0 Å². The molecule has 1 aliphatic heterocycles. The number of carbonyl (C=O) groups is 1. The van der Waals surface area contributed by atoms with Gasteiger partial charge in [0.2, 0.25) is 12.1 Å². The lowest BCUT2D eigenvalue weighted by atomic mass is 9.79. The van der Waals surface area contributed by atoms with Gasteiger partial charge in [-0.2, -0.15) is 17.6 Å². The van der Waals surface area contributed by atoms with Gasteiger partial charge < -0.3 is 18.9 Å². The maximum absolute atomic E-state index is 14.3. The highest BCUT2D eigenvalue weighted by molar-refractivity contribution is 5.89. The molecule has 174 valence electrons. The van der Waals surface area contributed by atoms with Crippen LogP contribution in [-0.2, 0) is 9.47 Å². The fourth-order valence-corrected chi connectivity index (χ4v) is 3.76. The van der Waals surface area contributed by atoms with Crippen LogP contribution in [0.25, 0.3) is 0 Å². The second kappa shape index (κ2) is 8.57. The molecule has 3 rings (SSSR count). The zero-order valence-electron chi connectivity index (χ0n) is 17.6. The van der Waals surface area contributed by atoms with Crippen molar-refractivity contribution in [2.45, 2.75) is 37.8 Å². The van der Waals surface area contributed by atoms with E-state index in [0.717, 1.165) is 26.2 Å². The van der Waals surface area contributed by atoms with E-state index in [1.54, 1.807) is 0 Å². The van der Waals surface area contributed by atoms with Crippen LogP contribution in [-0.4, -0.2) is 38.3 Å². The third-order valence-corrected chi connectivity index (χ3v) is 5.82. The number of alkyl halides is 3. The fourth-order valence-electron chi connectivity index (χ4n) is 3.76. The van der Waals surface area contributed by atoms with E-state index >= 15 is 0 Å². The summed E-state index contributed by atoms with van der Waals surface area (Å²) in [6.07, 6.45) is -6.58. The van der Waals surface area contributed by atoms with Crippen molar-refractivity contribution in [2.75, 3.05) is 14.2 Å². The summed E-state index contributed by atoms with van der Waals surface area (Å²) in [5.74, 6) is -6.31. The van der Waals surface area contributed by atoms with Crippen LogP contribution in [0.2, 0.25) is 0 Å². The Morgan fingerprint density at radius 1 is 1.03 bits per heavy atom. The topological polar surface area (TPSA) is 54.0 Å². The average molecular weight is 460 g/mol. The number of carbonyl (C=O) groups excluding carboxylic acids is 1. The van der Waals surface area contributed by atoms with E-state index in [2.05, 4.69) is 0 Å². The summed E-state index contributed by atoms with van der Waals surface area (Å²) in [7, 11) is 2.49. The predicted molar refractivity (Wildman–Crippen MR) is 103 cm³/mol. The van der Waals surface area contributed by atoms with Crippen molar-refractivity contribution in [1.29, 1.82) is 0 Å². The van der Waals surface area contributed by atoms with E-state index in [0.29, 0.717) is 5.75 Å². The van der Waals surface area contributed by atoms with Gasteiger partial charge in [-0.05, 0) is 37.3 Å². The summed E-state index contributed by atoms with van der Waals surface area (Å²) in [4.78, 5) is 12.6. The normalized spacial score (nSPS) is 25.5. The third-order valence-electron chi connectivity index (χ3n) is 5.82. The number of halogens is 5. The molecule has 0 amide bonds. The molecule has 0 bridgehead atoms. The first-order valence-electron chi connectivity index (χ1n) is 9.56. The van der Waals surface area contributed by atoms with E-state index in [-0.39, 0.29) is 11.1 Å². The smallest absolute Gasteiger partial charge is 0.417 e. The Bertz CT molecular complexity index is 991. The van der Waals surface area contributed by atoms with Gasteiger partial charge in [-0.1, -0.05) is 13.0 Å². The van der Waals surface area contributed by atoms with Crippen LogP contribution in [0.5, 0.6) is 11.5 Å². The van der Waals surface area contributed by atoms with Crippen molar-refractivity contribution in [3.8, 4) is 11.5 Å². The number of ether oxygens (including phenoxy) is 4. The van der Waals surface area contributed by atoms with E-state index in [1.807, 2.05) is 0 Å². The van der Waals surface area contributed by atoms with Crippen LogP contribution in [0.3, 0.4) is 0 Å². The lowest BCUT2D eigenvalue weighted by Gasteiger charge is -2.31. The Labute approximate surface area is 181 Å². The highest BCUT2D eigenvalue weighted by atomic mass is 19.4. The van der Waals surface area contributed by atoms with Crippen molar-refractivity contribution < 1.29 is 45.7 Å². The first-order valence-corrected chi connectivity index (χ1v) is 9.56. The summed E-state index contributed by atoms with van der Waals surface area (Å²) >= 11 is 0. The number of benzene rings is 2. The second-order valence-corrected chi connectivity index (χ2v) is 7.52. The number of esters is 1. The largest absolute Gasteiger partial charge is 0.497 e. The molecule has 5 nitrogen and oxygen atoms in total. The minimum absolute atomic E-state index is 0.0404. The van der Waals surface area contributed by atoms with Gasteiger partial charge in [-0.25, -0.2) is 9.18 Å². The minimum Gasteiger partial charge on any atom is -0.497 e. The second-order valence-electron chi connectivity index (χ2n) is 7.52. The monoisotopic (exact) mass is 460 g/mol. The van der Waals surface area contributed by atoms with Crippen molar-refractivity contribution in [1.82, 2.24) is 0 Å². The van der Waals surface area contributed by atoms with Crippen LogP contribution in [0.4, 0.5) is 22.0 Å². The molecule has 0 aromatic heterocycles. The molecule has 1 aliphatic rings. The maximum Gasteiger partial charge on any atom is 0.417 e. The predicted octanol–water partition coefficient (Wildman–Crippen LogP) is 5.24. The highest BCUT2D eigenvalue weighted by Crippen LogP contribution is 2.55. The van der Waals surface area contributed by atoms with Crippen LogP contribution < -0.4 is 9.47 Å². The van der Waals surface area contributed by atoms with E-state index in [4.69, 9.17) is 18.9 Å². The summed E-state index contributed by atoms with van der Waals surface area (Å²) in [6, 6.07) is 7.56. The van der Waals surface area contributed by atoms with E-state index < -0.39 is 53.3 Å². The molecule has 4 atom stereocenters. The molecule has 0 saturated carbocycles. The first kappa shape index (κ1) is 23.8. The first-order chi connectivity index (χ1) is 14.9. The molecule has 1 saturated heterocycles. The van der Waals surface area contributed by atoms with Gasteiger partial charge in [0.05, 0.1) is 25.7 Å². The molecule has 32 heavy (non-hydrogen) atoms. The molecule has 1 heterocycles. The fraction of sp³-hybridized carbons (Fsp3) is 0.409. The summed E-state index contributed by atoms with van der Waals surface area (Å²) in [6.45, 7) is 2.05. The quantitative estimate of drug-likeness (QED) is 0.452. The van der Waals surface area contributed by atoms with E-state index in [1.165, 1.54) is 38.3 Å². The minimum atomic E-state index is -4.84. The van der Waals surface area contributed by atoms with Gasteiger partial charge in [0.25, 0.3) is 0 Å². The summed E-state index contributed by atoms with van der Waals surface area (Å²) in [5.41, 5.74) is -2.80. The molecule has 0 spiro atoms. The zero-order valence-corrected chi connectivity index (χ0v) is 17.6. The number of methoxy groups -OCH3 is 2. The zero-order chi connectivity index (χ0) is 23.8. The van der Waals surface area contributed by atoms with Crippen molar-refractivity contribution in [3.05, 3.63) is 59.2 Å². The Kier molecular flexibility index (Phi) is 6.37. The average Bonchev–Trinajstić information content (AvgIpc) is 3.00. The van der Waals surface area contributed by atoms with Gasteiger partial charge in [-0.15, -0.1) is 0 Å². The number of hydrogen-bond donors (Lipinski definition) is 0. The van der Waals surface area contributed by atoms with Crippen LogP contribution in [0.1, 0.15) is 35.7 Å². The van der Waals surface area contributed by atoms with Gasteiger partial charge in [0.15, 0.2) is 17.2 Å². The number of rotatable bonds is 5. The molecule has 2 aromatic rings. The molecular weight excluding hydrogens is 439 g/mol. The molecule has 0 N–H and O–H groups in total. The lowest BCUT2D eigenvalue weighted by molar-refractivity contribution is -0.291. The molecule has 0 unspecified atom stereocenters. The molecule has 2 aromatic carbocycles. The standard InChI is InChI=1S/C22H21F5O5/c1-11-16(14-9-10-15(23)17(24)18(14)30-4)20(32-21(11,2)22(25,26)27)31-19(28)12-5-7-13(29-3)8-6-12/h5-11,16,20H,1-4H3/t11-,16-,20+,21+/m0/s1. The van der Waals surface area contributed by atoms with Crippen LogP contribution in [0.15, 0.2) is 36.4 Å². The van der Waals surface area contributed by atoms with Gasteiger partial charge >= 0.3 is 12.1 Å². The SMILES string of the molecule is COc1ccc(C(=O)O[C@@H]2O[C@@](C)(C(F)(F)F)[C@@H](C)[C@H]2c2ccc(F)c(F)c2OC)cc1. The Morgan fingerprint density at radius 2 is 1.66 bits per heavy atom.